The van der Waals surface area contributed by atoms with Gasteiger partial charge in [-0.3, -0.25) is 9.59 Å². The zero-order valence-corrected chi connectivity index (χ0v) is 19.4. The molecule has 3 rings (SSSR count). The number of hydrogen-bond acceptors (Lipinski definition) is 5. The molecule has 0 aliphatic carbocycles. The summed E-state index contributed by atoms with van der Waals surface area (Å²) in [6.45, 7) is 8.76. The van der Waals surface area contributed by atoms with Crippen molar-refractivity contribution in [2.24, 2.45) is 0 Å². The minimum atomic E-state index is -1.10. The Morgan fingerprint density at radius 3 is 2.19 bits per heavy atom. The number of Topliss-reactive ketones (excluding diaryl/α,β-unsaturated/α-hetero) is 2. The molecule has 0 bridgehead atoms. The Morgan fingerprint density at radius 1 is 1.03 bits per heavy atom. The molecule has 1 fully saturated rings. The van der Waals surface area contributed by atoms with Gasteiger partial charge in [0.05, 0.1) is 12.7 Å². The van der Waals surface area contributed by atoms with E-state index >= 15 is 0 Å². The molecule has 0 spiro atoms. The molecule has 0 radical (unpaired) electrons. The number of rotatable bonds is 4. The second-order valence-electron chi connectivity index (χ2n) is 8.73. The third kappa shape index (κ3) is 4.17. The molecule has 0 saturated carbocycles. The van der Waals surface area contributed by atoms with E-state index in [1.165, 1.54) is 7.11 Å². The van der Waals surface area contributed by atoms with Crippen LogP contribution in [0.3, 0.4) is 0 Å². The SMILES string of the molecule is CCc1ccc(-c2ccc(Cl)cc2C(=O)OC)cc1C1C(=O)C(C)(C)OC(C)(C)C1=O. The maximum absolute atomic E-state index is 13.3. The fraction of sp³-hybridized carbons (Fsp3) is 0.400. The van der Waals surface area contributed by atoms with E-state index in [9.17, 15) is 14.4 Å². The van der Waals surface area contributed by atoms with E-state index in [4.69, 9.17) is 21.1 Å². The molecule has 5 nitrogen and oxygen atoms in total. The standard InChI is InChI=1S/C25H27ClO5/c1-7-14-8-9-15(17-11-10-16(26)13-19(17)23(29)30-6)12-18(14)20-21(27)24(2,3)31-25(4,5)22(20)28/h8-13,20H,7H2,1-6H3. The largest absolute Gasteiger partial charge is 0.465 e. The number of ketones is 2. The van der Waals surface area contributed by atoms with E-state index in [0.717, 1.165) is 5.56 Å². The summed E-state index contributed by atoms with van der Waals surface area (Å²) >= 11 is 6.10. The van der Waals surface area contributed by atoms with Crippen LogP contribution in [-0.2, 0) is 25.5 Å². The summed E-state index contributed by atoms with van der Waals surface area (Å²) in [4.78, 5) is 38.9. The normalized spacial score (nSPS) is 18.2. The average molecular weight is 443 g/mol. The number of aryl methyl sites for hydroxylation is 1. The summed E-state index contributed by atoms with van der Waals surface area (Å²) in [7, 11) is 1.31. The first-order chi connectivity index (χ1) is 14.4. The van der Waals surface area contributed by atoms with Crippen molar-refractivity contribution in [2.45, 2.75) is 58.2 Å². The molecule has 1 saturated heterocycles. The summed E-state index contributed by atoms with van der Waals surface area (Å²) in [6.07, 6.45) is 0.652. The van der Waals surface area contributed by atoms with E-state index in [-0.39, 0.29) is 11.6 Å². The summed E-state index contributed by atoms with van der Waals surface area (Å²) in [6, 6.07) is 10.6. The highest BCUT2D eigenvalue weighted by Gasteiger charge is 2.53. The van der Waals surface area contributed by atoms with Gasteiger partial charge in [-0.25, -0.2) is 4.79 Å². The quantitative estimate of drug-likeness (QED) is 0.483. The van der Waals surface area contributed by atoms with Crippen LogP contribution in [0.4, 0.5) is 0 Å². The van der Waals surface area contributed by atoms with Crippen LogP contribution >= 0.6 is 11.6 Å². The molecule has 1 aliphatic rings. The van der Waals surface area contributed by atoms with Crippen LogP contribution in [0.1, 0.15) is 62.0 Å². The Kier molecular flexibility index (Phi) is 6.14. The topological polar surface area (TPSA) is 69.7 Å². The first-order valence-electron chi connectivity index (χ1n) is 10.2. The second kappa shape index (κ2) is 8.21. The number of esters is 1. The summed E-state index contributed by atoms with van der Waals surface area (Å²) < 4.78 is 10.7. The van der Waals surface area contributed by atoms with Crippen molar-refractivity contribution < 1.29 is 23.9 Å². The second-order valence-corrected chi connectivity index (χ2v) is 9.17. The molecule has 0 N–H and O–H groups in total. The van der Waals surface area contributed by atoms with Gasteiger partial charge >= 0.3 is 5.97 Å². The van der Waals surface area contributed by atoms with E-state index in [1.807, 2.05) is 25.1 Å². The first-order valence-corrected chi connectivity index (χ1v) is 10.6. The molecule has 0 atom stereocenters. The molecule has 0 unspecified atom stereocenters. The van der Waals surface area contributed by atoms with Gasteiger partial charge in [0.1, 0.15) is 17.1 Å². The Bertz CT molecular complexity index is 1040. The van der Waals surface area contributed by atoms with Crippen molar-refractivity contribution >= 4 is 29.1 Å². The predicted molar refractivity (Wildman–Crippen MR) is 120 cm³/mol. The van der Waals surface area contributed by atoms with Crippen LogP contribution in [0.15, 0.2) is 36.4 Å². The van der Waals surface area contributed by atoms with Crippen LogP contribution in [0, 0.1) is 0 Å². The Balaban J connectivity index is 2.23. The molecule has 1 aliphatic heterocycles. The fourth-order valence-electron chi connectivity index (χ4n) is 4.24. The van der Waals surface area contributed by atoms with Crippen molar-refractivity contribution in [2.75, 3.05) is 7.11 Å². The van der Waals surface area contributed by atoms with Gasteiger partial charge < -0.3 is 9.47 Å². The van der Waals surface area contributed by atoms with E-state index in [1.54, 1.807) is 45.9 Å². The minimum absolute atomic E-state index is 0.270. The fourth-order valence-corrected chi connectivity index (χ4v) is 4.41. The Hall–Kier alpha value is -2.50. The van der Waals surface area contributed by atoms with Crippen molar-refractivity contribution in [3.05, 3.63) is 58.1 Å². The lowest BCUT2D eigenvalue weighted by Crippen LogP contribution is -2.58. The minimum Gasteiger partial charge on any atom is -0.465 e. The Labute approximate surface area is 187 Å². The summed E-state index contributed by atoms with van der Waals surface area (Å²) in [5, 5.41) is 0.410. The lowest BCUT2D eigenvalue weighted by atomic mass is 9.73. The van der Waals surface area contributed by atoms with E-state index in [0.29, 0.717) is 33.7 Å². The highest BCUT2D eigenvalue weighted by Crippen LogP contribution is 2.41. The van der Waals surface area contributed by atoms with Crippen LogP contribution in [0.5, 0.6) is 0 Å². The zero-order valence-electron chi connectivity index (χ0n) is 18.7. The van der Waals surface area contributed by atoms with Gasteiger partial charge in [-0.05, 0) is 74.6 Å². The highest BCUT2D eigenvalue weighted by molar-refractivity contribution is 6.31. The Morgan fingerprint density at radius 2 is 1.65 bits per heavy atom. The molecule has 31 heavy (non-hydrogen) atoms. The van der Waals surface area contributed by atoms with Gasteiger partial charge in [0, 0.05) is 5.02 Å². The number of carbonyl (C=O) groups is 3. The van der Waals surface area contributed by atoms with Gasteiger partial charge in [0.2, 0.25) is 0 Å². The van der Waals surface area contributed by atoms with Crippen LogP contribution < -0.4 is 0 Å². The third-order valence-corrected chi connectivity index (χ3v) is 5.99. The average Bonchev–Trinajstić information content (AvgIpc) is 2.71. The van der Waals surface area contributed by atoms with Crippen molar-refractivity contribution in [3.8, 4) is 11.1 Å². The summed E-state index contributed by atoms with van der Waals surface area (Å²) in [5.74, 6) is -2.00. The third-order valence-electron chi connectivity index (χ3n) is 5.76. The molecule has 164 valence electrons. The number of ether oxygens (including phenoxy) is 2. The van der Waals surface area contributed by atoms with Crippen molar-refractivity contribution in [3.63, 3.8) is 0 Å². The lowest BCUT2D eigenvalue weighted by Gasteiger charge is -2.43. The summed E-state index contributed by atoms with van der Waals surface area (Å²) in [5.41, 5.74) is 0.983. The maximum atomic E-state index is 13.3. The number of benzene rings is 2. The van der Waals surface area contributed by atoms with Gasteiger partial charge in [-0.15, -0.1) is 0 Å². The smallest absolute Gasteiger partial charge is 0.338 e. The van der Waals surface area contributed by atoms with E-state index in [2.05, 4.69) is 0 Å². The van der Waals surface area contributed by atoms with Crippen molar-refractivity contribution in [1.82, 2.24) is 0 Å². The molecule has 2 aromatic carbocycles. The molecule has 1 heterocycles. The molecule has 6 heteroatoms. The number of carbonyl (C=O) groups excluding carboxylic acids is 3. The van der Waals surface area contributed by atoms with Gasteiger partial charge in [-0.1, -0.05) is 36.7 Å². The lowest BCUT2D eigenvalue weighted by molar-refractivity contribution is -0.184. The highest BCUT2D eigenvalue weighted by atomic mass is 35.5. The molecule has 2 aromatic rings. The predicted octanol–water partition coefficient (Wildman–Crippen LogP) is 5.17. The number of methoxy groups -OCH3 is 1. The van der Waals surface area contributed by atoms with Gasteiger partial charge in [0.25, 0.3) is 0 Å². The molecule has 0 amide bonds. The number of halogens is 1. The van der Waals surface area contributed by atoms with Gasteiger partial charge in [0.15, 0.2) is 11.6 Å². The molecular formula is C25H27ClO5. The first kappa shape index (κ1) is 23.2. The van der Waals surface area contributed by atoms with Crippen LogP contribution in [0.2, 0.25) is 5.02 Å². The van der Waals surface area contributed by atoms with E-state index < -0.39 is 23.1 Å². The molecular weight excluding hydrogens is 416 g/mol. The van der Waals surface area contributed by atoms with Crippen molar-refractivity contribution in [1.29, 1.82) is 0 Å². The van der Waals surface area contributed by atoms with Crippen LogP contribution in [0.25, 0.3) is 11.1 Å². The van der Waals surface area contributed by atoms with Crippen LogP contribution in [-0.4, -0.2) is 35.8 Å². The van der Waals surface area contributed by atoms with Gasteiger partial charge in [-0.2, -0.15) is 0 Å². The number of hydrogen-bond donors (Lipinski definition) is 0. The molecule has 0 aromatic heterocycles. The monoisotopic (exact) mass is 442 g/mol. The maximum Gasteiger partial charge on any atom is 0.338 e. The zero-order chi connectivity index (χ0) is 23.1.